The fourth-order valence-corrected chi connectivity index (χ4v) is 4.73. The molecule has 0 aliphatic heterocycles. The van der Waals surface area contributed by atoms with E-state index < -0.39 is 29.8 Å². The quantitative estimate of drug-likeness (QED) is 0.125. The molecule has 1 fully saturated rings. The molecule has 3 rings (SSSR count). The van der Waals surface area contributed by atoms with Crippen molar-refractivity contribution in [2.24, 2.45) is 33.8 Å². The van der Waals surface area contributed by atoms with Gasteiger partial charge in [-0.2, -0.15) is 0 Å². The lowest BCUT2D eigenvalue weighted by molar-refractivity contribution is -0.127. The van der Waals surface area contributed by atoms with Gasteiger partial charge < -0.3 is 38.3 Å². The first-order valence-electron chi connectivity index (χ1n) is 13.7. The summed E-state index contributed by atoms with van der Waals surface area (Å²) in [5.74, 6) is -0.356. The number of carbonyl (C=O) groups excluding carboxylic acids is 3. The predicted octanol–water partition coefficient (Wildman–Crippen LogP) is 2.66. The van der Waals surface area contributed by atoms with E-state index in [1.54, 1.807) is 18.2 Å². The molecule has 0 unspecified atom stereocenters. The first-order valence-corrected chi connectivity index (χ1v) is 13.7. The summed E-state index contributed by atoms with van der Waals surface area (Å²) in [6.07, 6.45) is 6.75. The van der Waals surface area contributed by atoms with Crippen LogP contribution in [0.15, 0.2) is 47.5 Å². The van der Waals surface area contributed by atoms with Gasteiger partial charge in [0.05, 0.1) is 11.7 Å². The molecule has 1 saturated carbocycles. The molecule has 0 bridgehead atoms. The molecular formula is C29H41N7O4. The van der Waals surface area contributed by atoms with Crippen LogP contribution in [0.2, 0.25) is 0 Å². The number of aryl methyl sites for hydroxylation is 1. The van der Waals surface area contributed by atoms with E-state index in [1.807, 2.05) is 19.1 Å². The third-order valence-electron chi connectivity index (χ3n) is 7.00. The van der Waals surface area contributed by atoms with E-state index in [2.05, 4.69) is 15.6 Å². The van der Waals surface area contributed by atoms with Crippen molar-refractivity contribution in [2.45, 2.75) is 70.4 Å². The van der Waals surface area contributed by atoms with E-state index in [-0.39, 0.29) is 17.3 Å². The third kappa shape index (κ3) is 9.57. The summed E-state index contributed by atoms with van der Waals surface area (Å²) in [5, 5.41) is 5.75. The molecular weight excluding hydrogens is 510 g/mol. The Bertz CT molecular complexity index is 1190. The zero-order chi connectivity index (χ0) is 29.1. The molecule has 1 aliphatic carbocycles. The van der Waals surface area contributed by atoms with Crippen molar-refractivity contribution in [1.82, 2.24) is 5.32 Å². The van der Waals surface area contributed by atoms with E-state index in [0.717, 1.165) is 31.2 Å². The van der Waals surface area contributed by atoms with E-state index in [4.69, 9.17) is 27.7 Å². The second kappa shape index (κ2) is 14.9. The second-order valence-corrected chi connectivity index (χ2v) is 10.3. The van der Waals surface area contributed by atoms with Gasteiger partial charge in [-0.3, -0.25) is 19.4 Å². The molecule has 10 N–H and O–H groups in total. The maximum Gasteiger partial charge on any atom is 0.248 e. The van der Waals surface area contributed by atoms with Crippen LogP contribution in [0.1, 0.15) is 67.3 Å². The summed E-state index contributed by atoms with van der Waals surface area (Å²) in [6, 6.07) is 10.3. The summed E-state index contributed by atoms with van der Waals surface area (Å²) in [7, 11) is 0. The summed E-state index contributed by atoms with van der Waals surface area (Å²) in [5.41, 5.74) is 23.9. The molecule has 1 aliphatic rings. The van der Waals surface area contributed by atoms with Crippen molar-refractivity contribution >= 4 is 29.4 Å². The molecule has 3 amide bonds. The average Bonchev–Trinajstić information content (AvgIpc) is 2.93. The van der Waals surface area contributed by atoms with Crippen LogP contribution < -0.4 is 38.3 Å². The molecule has 2 aromatic carbocycles. The fraction of sp³-hybridized carbons (Fsp3) is 0.448. The van der Waals surface area contributed by atoms with Crippen molar-refractivity contribution in [3.05, 3.63) is 53.6 Å². The lowest BCUT2D eigenvalue weighted by Crippen LogP contribution is -2.50. The van der Waals surface area contributed by atoms with Gasteiger partial charge in [0.1, 0.15) is 11.8 Å². The van der Waals surface area contributed by atoms with Crippen molar-refractivity contribution in [1.29, 1.82) is 0 Å². The molecule has 0 radical (unpaired) electrons. The van der Waals surface area contributed by atoms with Crippen LogP contribution in [0, 0.1) is 12.8 Å². The topological polar surface area (TPSA) is 201 Å². The van der Waals surface area contributed by atoms with E-state index >= 15 is 0 Å². The number of primary amides is 1. The standard InChI is InChI=1S/C29H41N7O4/c1-18-9-12-21(13-10-18)40-25-17-20(26(31)37)11-14-23(25)35-28(39)24(16-19-6-3-2-4-7-19)36-27(38)22(30)8-5-15-34-29(32)33/h9-14,17,19,22,24H,2-8,15-16,30H2,1H3,(H2,31,37)(H,35,39)(H,36,38)(H4,32,33,34)/t22-,24-/m0/s1. The van der Waals surface area contributed by atoms with Crippen LogP contribution in [-0.2, 0) is 9.59 Å². The zero-order valence-electron chi connectivity index (χ0n) is 23.0. The lowest BCUT2D eigenvalue weighted by atomic mass is 9.84. The van der Waals surface area contributed by atoms with Gasteiger partial charge >= 0.3 is 0 Å². The summed E-state index contributed by atoms with van der Waals surface area (Å²) < 4.78 is 6.02. The highest BCUT2D eigenvalue weighted by Crippen LogP contribution is 2.32. The maximum atomic E-state index is 13.6. The van der Waals surface area contributed by atoms with Gasteiger partial charge in [0.25, 0.3) is 0 Å². The molecule has 2 atom stereocenters. The Morgan fingerprint density at radius 2 is 1.70 bits per heavy atom. The zero-order valence-corrected chi connectivity index (χ0v) is 23.0. The van der Waals surface area contributed by atoms with Crippen LogP contribution in [0.3, 0.4) is 0 Å². The molecule has 0 saturated heterocycles. The fourth-order valence-electron chi connectivity index (χ4n) is 4.73. The van der Waals surface area contributed by atoms with Gasteiger partial charge in [0.2, 0.25) is 17.7 Å². The van der Waals surface area contributed by atoms with Gasteiger partial charge in [-0.05, 0) is 62.4 Å². The molecule has 40 heavy (non-hydrogen) atoms. The molecule has 0 aromatic heterocycles. The van der Waals surface area contributed by atoms with Gasteiger partial charge in [-0.1, -0.05) is 49.8 Å². The van der Waals surface area contributed by atoms with E-state index in [9.17, 15) is 14.4 Å². The van der Waals surface area contributed by atoms with Crippen molar-refractivity contribution < 1.29 is 19.1 Å². The smallest absolute Gasteiger partial charge is 0.248 e. The number of anilines is 1. The van der Waals surface area contributed by atoms with Crippen LogP contribution in [-0.4, -0.2) is 42.3 Å². The number of ether oxygens (including phenoxy) is 1. The first-order chi connectivity index (χ1) is 19.1. The molecule has 0 heterocycles. The van der Waals surface area contributed by atoms with Crippen LogP contribution in [0.25, 0.3) is 0 Å². The molecule has 11 nitrogen and oxygen atoms in total. The Labute approximate surface area is 235 Å². The summed E-state index contributed by atoms with van der Waals surface area (Å²) in [4.78, 5) is 42.3. The second-order valence-electron chi connectivity index (χ2n) is 10.3. The van der Waals surface area contributed by atoms with Crippen LogP contribution >= 0.6 is 0 Å². The Morgan fingerprint density at radius 1 is 1.00 bits per heavy atom. The third-order valence-corrected chi connectivity index (χ3v) is 7.00. The Kier molecular flexibility index (Phi) is 11.3. The minimum atomic E-state index is -0.814. The van der Waals surface area contributed by atoms with Crippen molar-refractivity contribution in [3.63, 3.8) is 0 Å². The monoisotopic (exact) mass is 551 g/mol. The van der Waals surface area contributed by atoms with Gasteiger partial charge in [0.15, 0.2) is 11.7 Å². The normalized spacial score (nSPS) is 14.9. The van der Waals surface area contributed by atoms with Crippen LogP contribution in [0.5, 0.6) is 11.5 Å². The predicted molar refractivity (Wildman–Crippen MR) is 156 cm³/mol. The summed E-state index contributed by atoms with van der Waals surface area (Å²) in [6.45, 7) is 2.32. The number of amides is 3. The molecule has 0 spiro atoms. The first kappa shape index (κ1) is 30.4. The van der Waals surface area contributed by atoms with Gasteiger partial charge in [-0.25, -0.2) is 0 Å². The number of aliphatic imine (C=N–C) groups is 1. The van der Waals surface area contributed by atoms with E-state index in [1.165, 1.54) is 18.6 Å². The van der Waals surface area contributed by atoms with Gasteiger partial charge in [-0.15, -0.1) is 0 Å². The number of nitrogens with zero attached hydrogens (tertiary/aromatic N) is 1. The minimum absolute atomic E-state index is 0.0168. The van der Waals surface area contributed by atoms with Crippen molar-refractivity contribution in [2.75, 3.05) is 11.9 Å². The molecule has 2 aromatic rings. The molecule has 216 valence electrons. The van der Waals surface area contributed by atoms with E-state index in [0.29, 0.717) is 43.2 Å². The Morgan fingerprint density at radius 3 is 2.35 bits per heavy atom. The Hall–Kier alpha value is -4.12. The molecule has 11 heteroatoms. The minimum Gasteiger partial charge on any atom is -0.455 e. The number of hydrogen-bond donors (Lipinski definition) is 6. The number of nitrogens with one attached hydrogen (secondary N) is 2. The highest BCUT2D eigenvalue weighted by Gasteiger charge is 2.28. The largest absolute Gasteiger partial charge is 0.455 e. The number of nitrogens with two attached hydrogens (primary N) is 4. The number of guanidine groups is 1. The summed E-state index contributed by atoms with van der Waals surface area (Å²) >= 11 is 0. The maximum absolute atomic E-state index is 13.6. The Balaban J connectivity index is 1.77. The van der Waals surface area contributed by atoms with Crippen molar-refractivity contribution in [3.8, 4) is 11.5 Å². The number of hydrogen-bond acceptors (Lipinski definition) is 6. The highest BCUT2D eigenvalue weighted by atomic mass is 16.5. The average molecular weight is 552 g/mol. The number of carbonyl (C=O) groups is 3. The number of benzene rings is 2. The van der Waals surface area contributed by atoms with Gasteiger partial charge in [0, 0.05) is 12.1 Å². The van der Waals surface area contributed by atoms with Crippen LogP contribution in [0.4, 0.5) is 5.69 Å². The SMILES string of the molecule is Cc1ccc(Oc2cc(C(N)=O)ccc2NC(=O)[C@H](CC2CCCCC2)NC(=O)[C@@H](N)CCCN=C(N)N)cc1. The number of rotatable bonds is 13. The highest BCUT2D eigenvalue weighted by molar-refractivity contribution is 6.00. The lowest BCUT2D eigenvalue weighted by Gasteiger charge is -2.27.